The quantitative estimate of drug-likeness (QED) is 0.343. The summed E-state index contributed by atoms with van der Waals surface area (Å²) < 4.78 is 0. The van der Waals surface area contributed by atoms with E-state index in [9.17, 15) is 0 Å². The Hall–Kier alpha value is 1.38. The van der Waals surface area contributed by atoms with Crippen LogP contribution in [0.4, 0.5) is 0 Å². The largest absolute Gasteiger partial charge is 0.394 e. The van der Waals surface area contributed by atoms with Gasteiger partial charge in [0.25, 0.3) is 0 Å². The molecule has 0 aliphatic carbocycles. The second-order valence-corrected chi connectivity index (χ2v) is 2.36. The zero-order valence-electron chi connectivity index (χ0n) is 7.73. The molecule has 0 amide bonds. The lowest BCUT2D eigenvalue weighted by Gasteiger charge is -1.80. The molecule has 0 bridgehead atoms. The van der Waals surface area contributed by atoms with Crippen LogP contribution in [0, 0.1) is 0 Å². The lowest BCUT2D eigenvalue weighted by Crippen LogP contribution is -1.85. The van der Waals surface area contributed by atoms with Gasteiger partial charge in [0.2, 0.25) is 0 Å². The van der Waals surface area contributed by atoms with E-state index < -0.39 is 0 Å². The van der Waals surface area contributed by atoms with Crippen LogP contribution >= 0.6 is 50.1 Å². The first-order chi connectivity index (χ1) is 5.56. The van der Waals surface area contributed by atoms with Crippen LogP contribution in [0.3, 0.4) is 0 Å². The summed E-state index contributed by atoms with van der Waals surface area (Å²) in [5, 5.41) is 8.06. The van der Waals surface area contributed by atoms with E-state index in [1.165, 1.54) is 0 Å². The van der Waals surface area contributed by atoms with Crippen LogP contribution in [-0.4, -0.2) is 27.6 Å². The lowest BCUT2D eigenvalue weighted by atomic mass is 10.5. The smallest absolute Gasteiger partial charge is 0.0688 e. The van der Waals surface area contributed by atoms with Crippen LogP contribution in [0.1, 0.15) is 13.8 Å². The van der Waals surface area contributed by atoms with Crippen molar-refractivity contribution in [2.24, 2.45) is 11.5 Å². The van der Waals surface area contributed by atoms with Crippen molar-refractivity contribution in [3.05, 3.63) is 0 Å². The van der Waals surface area contributed by atoms with Crippen molar-refractivity contribution in [2.45, 2.75) is 20.0 Å². The van der Waals surface area contributed by atoms with Gasteiger partial charge in [-0.25, -0.2) is 0 Å². The van der Waals surface area contributed by atoms with E-state index in [0.29, 0.717) is 5.45 Å². The normalized spacial score (nSPS) is 6.50. The zero-order chi connectivity index (χ0) is 11.0. The standard InChI is InChI=1S/C3H8O.CH4BrN.CH4ClN.CH3I/c1-3(2)4;2*2-1-3;1-2/h3-4H,1-2H3;2*1,3H2;1H3. The summed E-state index contributed by atoms with van der Waals surface area (Å²) in [5.74, 6) is 0. The van der Waals surface area contributed by atoms with E-state index in [-0.39, 0.29) is 12.1 Å². The summed E-state index contributed by atoms with van der Waals surface area (Å²) in [6.07, 6.45) is -0.167. The summed E-state index contributed by atoms with van der Waals surface area (Å²) in [6.45, 7) is 3.44. The fourth-order valence-electron chi connectivity index (χ4n) is 0. The van der Waals surface area contributed by atoms with Crippen molar-refractivity contribution in [3.8, 4) is 0 Å². The second kappa shape index (κ2) is 39.4. The van der Waals surface area contributed by atoms with Gasteiger partial charge in [0.15, 0.2) is 0 Å². The monoisotopic (exact) mass is 376 g/mol. The number of halogens is 3. The van der Waals surface area contributed by atoms with Gasteiger partial charge in [-0.05, 0) is 18.8 Å². The Morgan fingerprint density at radius 1 is 1.42 bits per heavy atom. The Bertz CT molecular complexity index is 42.0. The maximum Gasteiger partial charge on any atom is 0.0688 e. The molecule has 0 rings (SSSR count). The molecule has 0 aliphatic heterocycles. The molecule has 0 saturated heterocycles. The highest BCUT2D eigenvalue weighted by Crippen LogP contribution is 1.65. The minimum atomic E-state index is -0.167. The van der Waals surface area contributed by atoms with Gasteiger partial charge in [0.1, 0.15) is 0 Å². The third-order valence-electron chi connectivity index (χ3n) is 0. The summed E-state index contributed by atoms with van der Waals surface area (Å²) >= 11 is 9.85. The molecule has 0 aromatic carbocycles. The van der Waals surface area contributed by atoms with Gasteiger partial charge in [-0.15, -0.1) is 11.6 Å². The van der Waals surface area contributed by atoms with Crippen molar-refractivity contribution in [2.75, 3.05) is 16.4 Å². The van der Waals surface area contributed by atoms with Crippen LogP contribution in [0.15, 0.2) is 0 Å². The molecule has 0 heterocycles. The van der Waals surface area contributed by atoms with Gasteiger partial charge in [-0.2, -0.15) is 0 Å². The molecular weight excluding hydrogens is 358 g/mol. The average Bonchev–Trinajstić information content (AvgIpc) is 1.92. The number of aliphatic hydroxyl groups is 1. The van der Waals surface area contributed by atoms with E-state index in [1.54, 1.807) is 13.8 Å². The van der Waals surface area contributed by atoms with Gasteiger partial charge in [-0.3, -0.25) is 0 Å². The third kappa shape index (κ3) is 644. The number of nitrogens with two attached hydrogens (primary N) is 2. The van der Waals surface area contributed by atoms with Crippen LogP contribution < -0.4 is 11.5 Å². The van der Waals surface area contributed by atoms with Crippen molar-refractivity contribution in [1.82, 2.24) is 0 Å². The van der Waals surface area contributed by atoms with Crippen molar-refractivity contribution in [3.63, 3.8) is 0 Å². The number of hydrogen-bond acceptors (Lipinski definition) is 3. The second-order valence-electron chi connectivity index (χ2n) is 1.40. The summed E-state index contributed by atoms with van der Waals surface area (Å²) in [7, 11) is 0. The molecule has 6 heteroatoms. The van der Waals surface area contributed by atoms with Gasteiger partial charge in [-0.1, -0.05) is 38.5 Å². The van der Waals surface area contributed by atoms with Gasteiger partial charge in [0, 0.05) is 11.6 Å². The summed E-state index contributed by atoms with van der Waals surface area (Å²) in [5.41, 5.74) is 9.94. The number of hydrogen-bond donors (Lipinski definition) is 3. The van der Waals surface area contributed by atoms with E-state index in [4.69, 9.17) is 22.4 Å². The molecule has 0 fully saturated rings. The lowest BCUT2D eigenvalue weighted by molar-refractivity contribution is 0.216. The van der Waals surface area contributed by atoms with Gasteiger partial charge >= 0.3 is 0 Å². The molecule has 0 unspecified atom stereocenters. The number of aliphatic hydroxyl groups excluding tert-OH is 1. The van der Waals surface area contributed by atoms with Gasteiger partial charge in [0.05, 0.1) is 6.00 Å². The van der Waals surface area contributed by atoms with Crippen molar-refractivity contribution < 1.29 is 5.11 Å². The maximum absolute atomic E-state index is 8.06. The van der Waals surface area contributed by atoms with Crippen LogP contribution in [0.25, 0.3) is 0 Å². The fourth-order valence-corrected chi connectivity index (χ4v) is 0. The Balaban J connectivity index is -0.0000000368. The molecule has 12 heavy (non-hydrogen) atoms. The molecule has 0 spiro atoms. The SMILES string of the molecule is CC(C)O.CI.NCBr.NCCl. The van der Waals surface area contributed by atoms with Crippen molar-refractivity contribution >= 4 is 50.1 Å². The van der Waals surface area contributed by atoms with Gasteiger partial charge < -0.3 is 16.6 Å². The molecular formula is C6H19BrClIN2O. The fraction of sp³-hybridized carbons (Fsp3) is 1.00. The first-order valence-corrected chi connectivity index (χ1v) is 6.96. The van der Waals surface area contributed by atoms with Crippen LogP contribution in [0.2, 0.25) is 0 Å². The summed E-state index contributed by atoms with van der Waals surface area (Å²) in [6, 6.07) is 0.222. The minimum Gasteiger partial charge on any atom is -0.394 e. The zero-order valence-corrected chi connectivity index (χ0v) is 12.2. The van der Waals surface area contributed by atoms with Crippen molar-refractivity contribution in [1.29, 1.82) is 0 Å². The first-order valence-electron chi connectivity index (χ1n) is 3.14. The predicted octanol–water partition coefficient (Wildman–Crippen LogP) is 1.88. The van der Waals surface area contributed by atoms with Crippen LogP contribution in [0.5, 0.6) is 0 Å². The van der Waals surface area contributed by atoms with Crippen LogP contribution in [-0.2, 0) is 0 Å². The third-order valence-corrected chi connectivity index (χ3v) is 0. The van der Waals surface area contributed by atoms with E-state index in [2.05, 4.69) is 44.3 Å². The molecule has 0 aliphatic rings. The van der Waals surface area contributed by atoms with E-state index >= 15 is 0 Å². The molecule has 0 radical (unpaired) electrons. The Morgan fingerprint density at radius 3 is 1.42 bits per heavy atom. The Kier molecular flexibility index (Phi) is 76.5. The molecule has 3 nitrogen and oxygen atoms in total. The topological polar surface area (TPSA) is 72.3 Å². The predicted molar refractivity (Wildman–Crippen MR) is 70.2 cm³/mol. The number of alkyl halides is 3. The molecule has 0 aromatic rings. The molecule has 5 N–H and O–H groups in total. The summed E-state index contributed by atoms with van der Waals surface area (Å²) in [4.78, 5) is 1.97. The molecule has 80 valence electrons. The highest BCUT2D eigenvalue weighted by molar-refractivity contribution is 14.1. The average molecular weight is 377 g/mol. The highest BCUT2D eigenvalue weighted by Gasteiger charge is 1.69. The molecule has 0 aromatic heterocycles. The Morgan fingerprint density at radius 2 is 1.42 bits per heavy atom. The first kappa shape index (κ1) is 23.3. The maximum atomic E-state index is 8.06. The highest BCUT2D eigenvalue weighted by atomic mass is 127. The molecule has 0 saturated carbocycles. The Labute approximate surface area is 102 Å². The van der Waals surface area contributed by atoms with E-state index in [1.807, 2.05) is 4.93 Å². The number of rotatable bonds is 0. The molecule has 0 atom stereocenters. The van der Waals surface area contributed by atoms with E-state index in [0.717, 1.165) is 0 Å². The minimum absolute atomic E-state index is 0.167.